The van der Waals surface area contributed by atoms with Crippen LogP contribution < -0.4 is 10.1 Å². The molecular weight excluding hydrogens is 690 g/mol. The number of hydrogen-bond donors (Lipinski definition) is 2. The number of amides is 1. The molecule has 5 aromatic rings. The van der Waals surface area contributed by atoms with Crippen LogP contribution >= 0.6 is 0 Å². The summed E-state index contributed by atoms with van der Waals surface area (Å²) in [5.41, 5.74) is 4.82. The van der Waals surface area contributed by atoms with E-state index in [-0.39, 0.29) is 18.8 Å². The molecule has 0 unspecified atom stereocenters. The SMILES string of the molecule is CCOc1nc2cccc(C(=O)OC(C)(C)OC(=O)O[C@H]3CO[C@H]4[C@@H]3OC[C@@H]4OC(=O)NC)c2n1Cc1ccc(-c2ccccc2-c2nn[nH]n2)cc1. The van der Waals surface area contributed by atoms with Crippen molar-refractivity contribution in [3.63, 3.8) is 0 Å². The van der Waals surface area contributed by atoms with Crippen LogP contribution in [0, 0.1) is 0 Å². The molecule has 2 aliphatic rings. The van der Waals surface area contributed by atoms with Crippen LogP contribution in [-0.2, 0) is 35.0 Å². The standard InChI is InChI=1S/C36H37N7O10/c1-5-47-33-38-25-12-8-11-24(28(25)43(33)17-20-13-15-21(16-14-20)22-9-6-7-10-23(22)31-39-41-42-40-31)32(44)52-36(2,3)53-35(46)51-27-19-49-29-26(18-48-30(27)29)50-34(45)37-4/h6-16,26-27,29-30H,5,17-19H2,1-4H3,(H,37,45)(H,39,40,41,42)/t26-,27-,29+,30+/m0/s1. The number of benzene rings is 3. The van der Waals surface area contributed by atoms with Gasteiger partial charge < -0.3 is 38.5 Å². The van der Waals surface area contributed by atoms with E-state index in [0.29, 0.717) is 36.0 Å². The number of H-pyrrole nitrogens is 1. The molecule has 4 heterocycles. The molecule has 0 spiro atoms. The van der Waals surface area contributed by atoms with E-state index < -0.39 is 48.4 Å². The average Bonchev–Trinajstić information content (AvgIpc) is 3.96. The Morgan fingerprint density at radius 3 is 2.32 bits per heavy atom. The van der Waals surface area contributed by atoms with Gasteiger partial charge in [-0.25, -0.2) is 14.4 Å². The van der Waals surface area contributed by atoms with Crippen molar-refractivity contribution in [2.24, 2.45) is 0 Å². The van der Waals surface area contributed by atoms with Crippen molar-refractivity contribution in [3.05, 3.63) is 77.9 Å². The average molecular weight is 728 g/mol. The van der Waals surface area contributed by atoms with Gasteiger partial charge in [-0.1, -0.05) is 54.6 Å². The van der Waals surface area contributed by atoms with Crippen LogP contribution in [0.3, 0.4) is 0 Å². The molecule has 276 valence electrons. The number of tetrazole rings is 1. The third-order valence-corrected chi connectivity index (χ3v) is 8.68. The largest absolute Gasteiger partial charge is 0.512 e. The summed E-state index contributed by atoms with van der Waals surface area (Å²) >= 11 is 0. The Balaban J connectivity index is 1.06. The van der Waals surface area contributed by atoms with E-state index >= 15 is 0 Å². The number of fused-ring (bicyclic) bond motifs is 2. The molecule has 0 radical (unpaired) electrons. The minimum absolute atomic E-state index is 0.00266. The van der Waals surface area contributed by atoms with Crippen LogP contribution in [0.25, 0.3) is 33.5 Å². The van der Waals surface area contributed by atoms with Gasteiger partial charge in [0.05, 0.1) is 43.0 Å². The molecule has 17 nitrogen and oxygen atoms in total. The second-order valence-electron chi connectivity index (χ2n) is 12.7. The Hall–Kier alpha value is -6.07. The molecule has 17 heteroatoms. The lowest BCUT2D eigenvalue weighted by molar-refractivity contribution is -0.162. The molecule has 2 aliphatic heterocycles. The van der Waals surface area contributed by atoms with Gasteiger partial charge >= 0.3 is 18.2 Å². The van der Waals surface area contributed by atoms with E-state index in [4.69, 9.17) is 33.2 Å². The second-order valence-corrected chi connectivity index (χ2v) is 12.7. The Bertz CT molecular complexity index is 2100. The number of nitrogens with zero attached hydrogens (tertiary/aromatic N) is 5. The quantitative estimate of drug-likeness (QED) is 0.111. The summed E-state index contributed by atoms with van der Waals surface area (Å²) in [4.78, 5) is 43.0. The van der Waals surface area contributed by atoms with Crippen LogP contribution in [-0.4, -0.2) is 105 Å². The fourth-order valence-electron chi connectivity index (χ4n) is 6.37. The van der Waals surface area contributed by atoms with Crippen LogP contribution in [0.5, 0.6) is 6.01 Å². The molecule has 1 amide bonds. The van der Waals surface area contributed by atoms with E-state index in [9.17, 15) is 14.4 Å². The number of aromatic amines is 1. The summed E-state index contributed by atoms with van der Waals surface area (Å²) in [5, 5.41) is 16.8. The first-order valence-corrected chi connectivity index (χ1v) is 16.9. The number of rotatable bonds is 11. The number of nitrogens with one attached hydrogen (secondary N) is 2. The van der Waals surface area contributed by atoms with Gasteiger partial charge in [-0.15, -0.1) is 10.2 Å². The van der Waals surface area contributed by atoms with Crippen molar-refractivity contribution in [1.82, 2.24) is 35.5 Å². The molecule has 0 bridgehead atoms. The third-order valence-electron chi connectivity index (χ3n) is 8.68. The number of esters is 1. The smallest absolute Gasteiger partial charge is 0.465 e. The van der Waals surface area contributed by atoms with Crippen LogP contribution in [0.1, 0.15) is 36.7 Å². The van der Waals surface area contributed by atoms with Crippen molar-refractivity contribution in [1.29, 1.82) is 0 Å². The first kappa shape index (κ1) is 35.3. The van der Waals surface area contributed by atoms with Gasteiger partial charge in [0.2, 0.25) is 5.82 Å². The Morgan fingerprint density at radius 1 is 0.925 bits per heavy atom. The summed E-state index contributed by atoms with van der Waals surface area (Å²) in [6.07, 6.45) is -4.48. The van der Waals surface area contributed by atoms with E-state index in [1.165, 1.54) is 20.9 Å². The number of carbonyl (C=O) groups is 3. The maximum atomic E-state index is 13.8. The van der Waals surface area contributed by atoms with Gasteiger partial charge in [0.1, 0.15) is 12.2 Å². The molecule has 4 atom stereocenters. The van der Waals surface area contributed by atoms with Gasteiger partial charge in [0, 0.05) is 26.5 Å². The second kappa shape index (κ2) is 14.9. The summed E-state index contributed by atoms with van der Waals surface area (Å²) in [6, 6.07) is 21.1. The maximum absolute atomic E-state index is 13.8. The normalized spacial score (nSPS) is 19.4. The number of para-hydroxylation sites is 1. The highest BCUT2D eigenvalue weighted by atomic mass is 16.8. The summed E-state index contributed by atoms with van der Waals surface area (Å²) in [6.45, 7) is 5.43. The highest BCUT2D eigenvalue weighted by Gasteiger charge is 2.51. The van der Waals surface area contributed by atoms with Gasteiger partial charge in [-0.05, 0) is 41.0 Å². The topological polar surface area (TPSA) is 200 Å². The highest BCUT2D eigenvalue weighted by molar-refractivity contribution is 6.02. The zero-order valence-corrected chi connectivity index (χ0v) is 29.3. The molecule has 53 heavy (non-hydrogen) atoms. The van der Waals surface area contributed by atoms with Gasteiger partial charge in [-0.2, -0.15) is 10.2 Å². The molecule has 2 fully saturated rings. The predicted molar refractivity (Wildman–Crippen MR) is 185 cm³/mol. The number of alkyl carbamates (subject to hydrolysis) is 1. The third kappa shape index (κ3) is 7.47. The number of aromatic nitrogens is 6. The van der Waals surface area contributed by atoms with E-state index in [1.54, 1.807) is 22.8 Å². The summed E-state index contributed by atoms with van der Waals surface area (Å²) < 4.78 is 41.0. The molecule has 2 N–H and O–H groups in total. The van der Waals surface area contributed by atoms with Crippen molar-refractivity contribution < 1.29 is 47.5 Å². The predicted octanol–water partition coefficient (Wildman–Crippen LogP) is 4.27. The Kier molecular flexibility index (Phi) is 9.92. The molecule has 2 aromatic heterocycles. The van der Waals surface area contributed by atoms with Crippen molar-refractivity contribution in [3.8, 4) is 28.5 Å². The molecule has 7 rings (SSSR count). The fourth-order valence-corrected chi connectivity index (χ4v) is 6.37. The Morgan fingerprint density at radius 2 is 1.64 bits per heavy atom. The van der Waals surface area contributed by atoms with Crippen LogP contribution in [0.2, 0.25) is 0 Å². The monoisotopic (exact) mass is 727 g/mol. The van der Waals surface area contributed by atoms with Crippen molar-refractivity contribution in [2.75, 3.05) is 26.9 Å². The van der Waals surface area contributed by atoms with E-state index in [0.717, 1.165) is 22.3 Å². The van der Waals surface area contributed by atoms with Crippen LogP contribution in [0.15, 0.2) is 66.7 Å². The maximum Gasteiger partial charge on any atom is 0.512 e. The Labute approximate surface area is 302 Å². The van der Waals surface area contributed by atoms with E-state index in [1.807, 2.05) is 55.5 Å². The lowest BCUT2D eigenvalue weighted by atomic mass is 9.98. The highest BCUT2D eigenvalue weighted by Crippen LogP contribution is 2.33. The van der Waals surface area contributed by atoms with Crippen molar-refractivity contribution >= 4 is 29.3 Å². The number of imidazole rings is 1. The summed E-state index contributed by atoms with van der Waals surface area (Å²) in [7, 11) is 1.44. The lowest BCUT2D eigenvalue weighted by Crippen LogP contribution is -2.39. The fraction of sp³-hybridized carbons (Fsp3) is 0.361. The zero-order valence-electron chi connectivity index (χ0n) is 29.3. The first-order valence-electron chi connectivity index (χ1n) is 16.9. The number of ether oxygens (including phenoxy) is 7. The molecule has 2 saturated heterocycles. The molecule has 0 aliphatic carbocycles. The van der Waals surface area contributed by atoms with Crippen LogP contribution in [0.4, 0.5) is 9.59 Å². The minimum Gasteiger partial charge on any atom is -0.465 e. The minimum atomic E-state index is -1.74. The zero-order chi connectivity index (χ0) is 37.1. The van der Waals surface area contributed by atoms with Crippen molar-refractivity contribution in [2.45, 2.75) is 57.5 Å². The molecule has 0 saturated carbocycles. The molecular formula is C36H37N7O10. The van der Waals surface area contributed by atoms with Gasteiger partial charge in [0.25, 0.3) is 11.8 Å². The first-order chi connectivity index (χ1) is 25.6. The molecule has 3 aromatic carbocycles. The number of hydrogen-bond acceptors (Lipinski definition) is 14. The lowest BCUT2D eigenvalue weighted by Gasteiger charge is -2.26. The van der Waals surface area contributed by atoms with E-state index in [2.05, 4.69) is 30.9 Å². The van der Waals surface area contributed by atoms with Gasteiger partial charge in [0.15, 0.2) is 12.2 Å². The summed E-state index contributed by atoms with van der Waals surface area (Å²) in [5.74, 6) is -2.01. The number of carbonyl (C=O) groups excluding carboxylic acids is 3. The van der Waals surface area contributed by atoms with Gasteiger partial charge in [-0.3, -0.25) is 4.57 Å².